The highest BCUT2D eigenvalue weighted by atomic mass is 35.5. The first-order chi connectivity index (χ1) is 20.8. The van der Waals surface area contributed by atoms with Gasteiger partial charge in [0.2, 0.25) is 5.91 Å². The Labute approximate surface area is 262 Å². The molecule has 0 saturated heterocycles. The van der Waals surface area contributed by atoms with Gasteiger partial charge in [0.05, 0.1) is 54.6 Å². The van der Waals surface area contributed by atoms with Crippen molar-refractivity contribution in [2.24, 2.45) is 0 Å². The molecule has 0 aliphatic carbocycles. The molecule has 3 heterocycles. The van der Waals surface area contributed by atoms with E-state index in [1.165, 1.54) is 4.68 Å². The number of nitrogens with zero attached hydrogens (tertiary/aromatic N) is 4. The molecule has 0 N–H and O–H groups in total. The van der Waals surface area contributed by atoms with Crippen LogP contribution in [0, 0.1) is 13.8 Å². The van der Waals surface area contributed by atoms with E-state index in [1.54, 1.807) is 18.2 Å². The van der Waals surface area contributed by atoms with Crippen molar-refractivity contribution in [3.05, 3.63) is 87.8 Å². The molecule has 2 aromatic heterocycles. The van der Waals surface area contributed by atoms with Crippen LogP contribution in [-0.4, -0.2) is 45.6 Å². The van der Waals surface area contributed by atoms with Gasteiger partial charge in [-0.3, -0.25) is 14.7 Å². The number of rotatable bonds is 6. The summed E-state index contributed by atoms with van der Waals surface area (Å²) in [6.07, 6.45) is 1.24. The number of hydrogen-bond acceptors (Lipinski definition) is 7. The Morgan fingerprint density at radius 1 is 1.05 bits per heavy atom. The third-order valence-corrected chi connectivity index (χ3v) is 7.53. The summed E-state index contributed by atoms with van der Waals surface area (Å²) < 4.78 is 18.5. The number of ether oxygens (including phenoxy) is 3. The predicted molar refractivity (Wildman–Crippen MR) is 170 cm³/mol. The number of aromatic nitrogens is 3. The second kappa shape index (κ2) is 12.0. The van der Waals surface area contributed by atoms with Crippen molar-refractivity contribution in [1.29, 1.82) is 0 Å². The average Bonchev–Trinajstić information content (AvgIpc) is 3.25. The van der Waals surface area contributed by atoms with E-state index in [0.717, 1.165) is 22.3 Å². The fourth-order valence-electron chi connectivity index (χ4n) is 5.50. The second-order valence-corrected chi connectivity index (χ2v) is 12.5. The Hall–Kier alpha value is -4.37. The van der Waals surface area contributed by atoms with Crippen LogP contribution in [0.4, 0.5) is 10.5 Å². The highest BCUT2D eigenvalue weighted by molar-refractivity contribution is 6.30. The highest BCUT2D eigenvalue weighted by Gasteiger charge is 2.36. The number of methoxy groups -OCH3 is 1. The van der Waals surface area contributed by atoms with Crippen LogP contribution >= 0.6 is 11.6 Å². The number of anilines is 1. The summed E-state index contributed by atoms with van der Waals surface area (Å²) in [6.45, 7) is 13.0. The van der Waals surface area contributed by atoms with E-state index in [-0.39, 0.29) is 18.4 Å². The first-order valence-corrected chi connectivity index (χ1v) is 14.9. The number of amides is 1. The van der Waals surface area contributed by atoms with Gasteiger partial charge in [-0.15, -0.1) is 0 Å². The molecular formula is C34H37ClN4O5. The van der Waals surface area contributed by atoms with Crippen molar-refractivity contribution in [1.82, 2.24) is 14.8 Å². The van der Waals surface area contributed by atoms with Gasteiger partial charge in [0.15, 0.2) is 11.5 Å². The number of hydrogen-bond donors (Lipinski definition) is 0. The Morgan fingerprint density at radius 3 is 2.34 bits per heavy atom. The smallest absolute Gasteiger partial charge is 0.435 e. The van der Waals surface area contributed by atoms with E-state index >= 15 is 0 Å². The summed E-state index contributed by atoms with van der Waals surface area (Å²) in [5.74, 6) is 1.10. The molecule has 1 amide bonds. The van der Waals surface area contributed by atoms with Gasteiger partial charge in [0.1, 0.15) is 5.60 Å². The first kappa shape index (κ1) is 31.1. The number of carbonyl (C=O) groups excluding carboxylic acids is 2. The lowest BCUT2D eigenvalue weighted by Crippen LogP contribution is -2.41. The maximum atomic E-state index is 13.9. The Morgan fingerprint density at radius 2 is 1.75 bits per heavy atom. The molecule has 1 aliphatic rings. The van der Waals surface area contributed by atoms with Crippen LogP contribution in [0.3, 0.4) is 0 Å². The molecule has 44 heavy (non-hydrogen) atoms. The van der Waals surface area contributed by atoms with E-state index in [1.807, 2.05) is 97.0 Å². The van der Waals surface area contributed by atoms with Gasteiger partial charge < -0.3 is 14.2 Å². The third kappa shape index (κ3) is 6.15. The molecule has 9 nitrogen and oxygen atoms in total. The standard InChI is InChI=1S/C34H37ClN4O5/c1-19(2)43-29-17-26-23(15-28(29)42-8)16-30(40)38(32(26)22-9-11-24(35)12-10-22)25-13-14-27(36-18-25)31-20(3)37-39(21(31)4)33(41)44-34(5,6)7/h9-15,17-19,32H,16H2,1-8H3. The van der Waals surface area contributed by atoms with Crippen LogP contribution in [0.5, 0.6) is 11.5 Å². The molecule has 1 atom stereocenters. The minimum atomic E-state index is -0.656. The van der Waals surface area contributed by atoms with Crippen LogP contribution in [0.1, 0.15) is 68.7 Å². The lowest BCUT2D eigenvalue weighted by atomic mass is 9.87. The lowest BCUT2D eigenvalue weighted by molar-refractivity contribution is -0.118. The molecule has 0 saturated carbocycles. The fourth-order valence-corrected chi connectivity index (χ4v) is 5.63. The average molecular weight is 617 g/mol. The summed E-state index contributed by atoms with van der Waals surface area (Å²) >= 11 is 6.25. The zero-order chi connectivity index (χ0) is 31.9. The second-order valence-electron chi connectivity index (χ2n) is 12.1. The van der Waals surface area contributed by atoms with Crippen molar-refractivity contribution < 1.29 is 23.8 Å². The van der Waals surface area contributed by atoms with Crippen molar-refractivity contribution in [3.8, 4) is 22.8 Å². The summed E-state index contributed by atoms with van der Waals surface area (Å²) in [5, 5.41) is 5.03. The molecular weight excluding hydrogens is 580 g/mol. The van der Waals surface area contributed by atoms with Crippen molar-refractivity contribution in [3.63, 3.8) is 0 Å². The molecule has 230 valence electrons. The molecule has 4 aromatic rings. The number of aryl methyl sites for hydroxylation is 1. The van der Waals surface area contributed by atoms with E-state index < -0.39 is 17.7 Å². The molecule has 1 aliphatic heterocycles. The predicted octanol–water partition coefficient (Wildman–Crippen LogP) is 7.47. The van der Waals surface area contributed by atoms with Gasteiger partial charge in [-0.1, -0.05) is 23.7 Å². The fraction of sp³-hybridized carbons (Fsp3) is 0.353. The molecule has 0 radical (unpaired) electrons. The highest BCUT2D eigenvalue weighted by Crippen LogP contribution is 2.44. The van der Waals surface area contributed by atoms with Gasteiger partial charge in [0.25, 0.3) is 0 Å². The largest absolute Gasteiger partial charge is 0.493 e. The lowest BCUT2D eigenvalue weighted by Gasteiger charge is -2.38. The SMILES string of the molecule is COc1cc2c(cc1OC(C)C)C(c1ccc(Cl)cc1)N(c1ccc(-c3c(C)nn(C(=O)OC(C)(C)C)c3C)nc1)C(=O)C2. The number of fused-ring (bicyclic) bond motifs is 1. The van der Waals surface area contributed by atoms with Crippen LogP contribution in [-0.2, 0) is 16.0 Å². The van der Waals surface area contributed by atoms with Crippen molar-refractivity contribution in [2.45, 2.75) is 72.6 Å². The number of carbonyl (C=O) groups is 2. The molecule has 0 spiro atoms. The maximum Gasteiger partial charge on any atom is 0.435 e. The van der Waals surface area contributed by atoms with Crippen LogP contribution in [0.25, 0.3) is 11.3 Å². The maximum absolute atomic E-state index is 13.9. The quantitative estimate of drug-likeness (QED) is 0.222. The summed E-state index contributed by atoms with van der Waals surface area (Å²) in [6, 6.07) is 14.6. The van der Waals surface area contributed by atoms with Gasteiger partial charge in [-0.25, -0.2) is 4.79 Å². The first-order valence-electron chi connectivity index (χ1n) is 14.5. The van der Waals surface area contributed by atoms with Crippen LogP contribution < -0.4 is 14.4 Å². The minimum Gasteiger partial charge on any atom is -0.493 e. The van der Waals surface area contributed by atoms with E-state index in [0.29, 0.717) is 39.3 Å². The van der Waals surface area contributed by atoms with Crippen LogP contribution in [0.2, 0.25) is 5.02 Å². The number of benzene rings is 2. The Kier molecular flexibility index (Phi) is 8.44. The molecule has 2 aromatic carbocycles. The summed E-state index contributed by atoms with van der Waals surface area (Å²) in [4.78, 5) is 33.1. The monoisotopic (exact) mass is 616 g/mol. The zero-order valence-corrected chi connectivity index (χ0v) is 27.0. The van der Waals surface area contributed by atoms with Crippen molar-refractivity contribution in [2.75, 3.05) is 12.0 Å². The topological polar surface area (TPSA) is 95.8 Å². The van der Waals surface area contributed by atoms with Crippen LogP contribution in [0.15, 0.2) is 54.7 Å². The number of pyridine rings is 1. The van der Waals surface area contributed by atoms with Gasteiger partial charge >= 0.3 is 6.09 Å². The molecule has 0 fully saturated rings. The third-order valence-electron chi connectivity index (χ3n) is 7.28. The van der Waals surface area contributed by atoms with Gasteiger partial charge in [-0.2, -0.15) is 9.78 Å². The minimum absolute atomic E-state index is 0.0689. The molecule has 5 rings (SSSR count). The molecule has 1 unspecified atom stereocenters. The van der Waals surface area contributed by atoms with E-state index in [2.05, 4.69) is 5.10 Å². The van der Waals surface area contributed by atoms with E-state index in [9.17, 15) is 9.59 Å². The Bertz CT molecular complexity index is 1710. The van der Waals surface area contributed by atoms with Crippen molar-refractivity contribution >= 4 is 29.3 Å². The Balaban J connectivity index is 1.58. The molecule has 0 bridgehead atoms. The van der Waals surface area contributed by atoms with E-state index in [4.69, 9.17) is 30.8 Å². The number of halogens is 1. The van der Waals surface area contributed by atoms with Gasteiger partial charge in [0, 0.05) is 10.6 Å². The molecule has 10 heteroatoms. The zero-order valence-electron chi connectivity index (χ0n) is 26.3. The summed E-state index contributed by atoms with van der Waals surface area (Å²) in [7, 11) is 1.59. The normalized spacial score (nSPS) is 14.9. The summed E-state index contributed by atoms with van der Waals surface area (Å²) in [5.41, 5.74) is 5.27. The van der Waals surface area contributed by atoms with Gasteiger partial charge in [-0.05, 0) is 102 Å².